The lowest BCUT2D eigenvalue weighted by atomic mass is 9.62. The summed E-state index contributed by atoms with van der Waals surface area (Å²) in [6, 6.07) is 64.4. The van der Waals surface area contributed by atoms with Crippen LogP contribution in [-0.4, -0.2) is 11.1 Å². The molecule has 246 valence electrons. The van der Waals surface area contributed by atoms with Crippen LogP contribution in [-0.2, 0) is 5.41 Å². The molecule has 2 aliphatic rings. The van der Waals surface area contributed by atoms with Gasteiger partial charge in [-0.3, -0.25) is 0 Å². The highest BCUT2D eigenvalue weighted by Gasteiger charge is 2.46. The first-order chi connectivity index (χ1) is 25.7. The zero-order valence-electron chi connectivity index (χ0n) is 28.8. The number of para-hydroxylation sites is 2. The van der Waals surface area contributed by atoms with Gasteiger partial charge in [0.05, 0.1) is 16.4 Å². The van der Waals surface area contributed by atoms with E-state index in [0.717, 1.165) is 29.1 Å². The summed E-state index contributed by atoms with van der Waals surface area (Å²) in [4.78, 5) is 2.50. The van der Waals surface area contributed by atoms with E-state index in [1.807, 2.05) is 0 Å². The molecule has 2 nitrogen and oxygen atoms in total. The molecule has 1 aromatic heterocycles. The van der Waals surface area contributed by atoms with Crippen molar-refractivity contribution in [2.24, 2.45) is 0 Å². The first kappa shape index (κ1) is 30.2. The highest BCUT2D eigenvalue weighted by molar-refractivity contribution is 6.10. The number of rotatable bonds is 4. The van der Waals surface area contributed by atoms with E-state index < -0.39 is 5.41 Å². The lowest BCUT2D eigenvalue weighted by Gasteiger charge is -2.47. The molecule has 2 bridgehead atoms. The second-order valence-corrected chi connectivity index (χ2v) is 13.8. The fraction of sp³-hybridized carbons (Fsp3) is 0.0400. The van der Waals surface area contributed by atoms with Gasteiger partial charge in [-0.1, -0.05) is 164 Å². The Morgan fingerprint density at radius 1 is 0.519 bits per heavy atom. The van der Waals surface area contributed by atoms with E-state index in [1.165, 1.54) is 60.9 Å². The van der Waals surface area contributed by atoms with Crippen LogP contribution in [0.3, 0.4) is 0 Å². The Balaban J connectivity index is 1.33. The lowest BCUT2D eigenvalue weighted by Crippen LogP contribution is -2.43. The third-order valence-corrected chi connectivity index (χ3v) is 11.1. The second kappa shape index (κ2) is 12.0. The number of allylic oxidation sites excluding steroid dienone is 4. The summed E-state index contributed by atoms with van der Waals surface area (Å²) >= 11 is 0. The van der Waals surface area contributed by atoms with Crippen molar-refractivity contribution in [2.75, 3.05) is 11.4 Å². The molecular formula is C50H36N2. The molecule has 2 heteroatoms. The van der Waals surface area contributed by atoms with E-state index in [2.05, 4.69) is 210 Å². The first-order valence-electron chi connectivity index (χ1n) is 18.0. The van der Waals surface area contributed by atoms with Gasteiger partial charge in [-0.2, -0.15) is 0 Å². The molecule has 52 heavy (non-hydrogen) atoms. The summed E-state index contributed by atoms with van der Waals surface area (Å²) in [5.74, 6) is 0. The van der Waals surface area contributed by atoms with Crippen molar-refractivity contribution in [2.45, 2.75) is 5.41 Å². The quantitative estimate of drug-likeness (QED) is 0.182. The van der Waals surface area contributed by atoms with Crippen LogP contribution >= 0.6 is 0 Å². The molecule has 0 aliphatic carbocycles. The minimum atomic E-state index is -0.552. The highest BCUT2D eigenvalue weighted by Crippen LogP contribution is 2.55. The van der Waals surface area contributed by atoms with E-state index in [9.17, 15) is 0 Å². The van der Waals surface area contributed by atoms with Gasteiger partial charge < -0.3 is 9.47 Å². The number of hydrogen-bond acceptors (Lipinski definition) is 1. The summed E-state index contributed by atoms with van der Waals surface area (Å²) in [7, 11) is 0. The van der Waals surface area contributed by atoms with Crippen LogP contribution in [0.1, 0.15) is 22.3 Å². The largest absolute Gasteiger partial charge is 0.336 e. The number of fused-ring (bicyclic) bond motifs is 9. The summed E-state index contributed by atoms with van der Waals surface area (Å²) in [5, 5.41) is 2.49. The Labute approximate surface area is 304 Å². The summed E-state index contributed by atoms with van der Waals surface area (Å²) in [6.07, 6.45) is 6.70. The highest BCUT2D eigenvalue weighted by atomic mass is 15.2. The van der Waals surface area contributed by atoms with Crippen molar-refractivity contribution in [3.05, 3.63) is 229 Å². The Morgan fingerprint density at radius 2 is 1.17 bits per heavy atom. The zero-order chi connectivity index (χ0) is 34.6. The molecule has 0 unspecified atom stereocenters. The van der Waals surface area contributed by atoms with Crippen molar-refractivity contribution >= 4 is 38.8 Å². The van der Waals surface area contributed by atoms with Gasteiger partial charge in [0.25, 0.3) is 0 Å². The molecule has 3 heterocycles. The minimum Gasteiger partial charge on any atom is -0.336 e. The number of nitrogens with zero attached hydrogens (tertiary/aromatic N) is 2. The standard InChI is InChI=1S/C50H36N2/c1-35-16-15-23-40-34-51(46-26-13-11-24-42(35)46)48-31-29-41(33-45(48)50(40,38-19-7-3-8-20-38)39-21-9-4-10-22-39)52-47-27-14-12-25-43(47)44-30-28-37(32-49(44)52)36-17-5-2-6-18-36/h2-33H,1,34H2. The molecule has 0 atom stereocenters. The summed E-state index contributed by atoms with van der Waals surface area (Å²) in [5.41, 5.74) is 15.0. The topological polar surface area (TPSA) is 8.17 Å². The van der Waals surface area contributed by atoms with E-state index >= 15 is 0 Å². The molecule has 0 N–H and O–H groups in total. The van der Waals surface area contributed by atoms with Gasteiger partial charge >= 0.3 is 0 Å². The summed E-state index contributed by atoms with van der Waals surface area (Å²) in [6.45, 7) is 5.25. The molecular weight excluding hydrogens is 629 g/mol. The number of hydrogen-bond donors (Lipinski definition) is 0. The normalized spacial score (nSPS) is 14.7. The van der Waals surface area contributed by atoms with Crippen LogP contribution in [0, 0.1) is 0 Å². The van der Waals surface area contributed by atoms with Crippen molar-refractivity contribution < 1.29 is 0 Å². The first-order valence-corrected chi connectivity index (χ1v) is 18.0. The van der Waals surface area contributed by atoms with Crippen LogP contribution < -0.4 is 4.90 Å². The predicted molar refractivity (Wildman–Crippen MR) is 219 cm³/mol. The van der Waals surface area contributed by atoms with Gasteiger partial charge in [0.2, 0.25) is 0 Å². The monoisotopic (exact) mass is 664 g/mol. The molecule has 0 fully saturated rings. The van der Waals surface area contributed by atoms with Gasteiger partial charge in [-0.15, -0.1) is 0 Å². The van der Waals surface area contributed by atoms with Gasteiger partial charge in [0, 0.05) is 39.9 Å². The molecule has 2 aliphatic heterocycles. The van der Waals surface area contributed by atoms with Crippen LogP contribution in [0.2, 0.25) is 0 Å². The zero-order valence-corrected chi connectivity index (χ0v) is 28.8. The predicted octanol–water partition coefficient (Wildman–Crippen LogP) is 12.4. The Morgan fingerprint density at radius 3 is 1.94 bits per heavy atom. The van der Waals surface area contributed by atoms with Crippen molar-refractivity contribution in [1.29, 1.82) is 0 Å². The SMILES string of the molecule is C=C1C=CC=C2CN(c3ccccc31)c1ccc(-n3c4ccccc4c4ccc(-c5ccccc5)cc43)cc1C2(c1ccccc1)c1ccccc1. The molecule has 0 spiro atoms. The van der Waals surface area contributed by atoms with E-state index in [1.54, 1.807) is 0 Å². The van der Waals surface area contributed by atoms with Gasteiger partial charge in [0.1, 0.15) is 0 Å². The molecule has 8 aromatic rings. The third-order valence-electron chi connectivity index (χ3n) is 11.1. The van der Waals surface area contributed by atoms with E-state index in [0.29, 0.717) is 0 Å². The Kier molecular flexibility index (Phi) is 6.97. The van der Waals surface area contributed by atoms with Crippen LogP contribution in [0.5, 0.6) is 0 Å². The molecule has 0 amide bonds. The Hall–Kier alpha value is -6.64. The fourth-order valence-electron chi connectivity index (χ4n) is 8.77. The molecule has 7 aromatic carbocycles. The number of aromatic nitrogens is 1. The van der Waals surface area contributed by atoms with Crippen molar-refractivity contribution in [1.82, 2.24) is 4.57 Å². The van der Waals surface area contributed by atoms with Crippen molar-refractivity contribution in [3.8, 4) is 16.8 Å². The molecule has 10 rings (SSSR count). The van der Waals surface area contributed by atoms with E-state index in [-0.39, 0.29) is 0 Å². The molecule has 0 radical (unpaired) electrons. The van der Waals surface area contributed by atoms with Crippen LogP contribution in [0.4, 0.5) is 11.4 Å². The average molecular weight is 665 g/mol. The maximum atomic E-state index is 4.51. The maximum absolute atomic E-state index is 4.51. The maximum Gasteiger partial charge on any atom is 0.0702 e. The fourth-order valence-corrected chi connectivity index (χ4v) is 8.77. The van der Waals surface area contributed by atoms with E-state index in [4.69, 9.17) is 0 Å². The van der Waals surface area contributed by atoms with Gasteiger partial charge in [-0.05, 0) is 75.4 Å². The van der Waals surface area contributed by atoms with Gasteiger partial charge in [-0.25, -0.2) is 0 Å². The van der Waals surface area contributed by atoms with Crippen LogP contribution in [0.25, 0.3) is 44.2 Å². The second-order valence-electron chi connectivity index (χ2n) is 13.8. The molecule has 0 saturated carbocycles. The average Bonchev–Trinajstić information content (AvgIpc) is 3.57. The summed E-state index contributed by atoms with van der Waals surface area (Å²) < 4.78 is 2.47. The Bertz CT molecular complexity index is 2670. The van der Waals surface area contributed by atoms with Crippen LogP contribution in [0.15, 0.2) is 206 Å². The smallest absolute Gasteiger partial charge is 0.0702 e. The number of benzene rings is 7. The third kappa shape index (κ3) is 4.51. The lowest BCUT2D eigenvalue weighted by molar-refractivity contribution is 0.674. The van der Waals surface area contributed by atoms with Crippen molar-refractivity contribution in [3.63, 3.8) is 0 Å². The molecule has 0 saturated heterocycles. The number of anilines is 2. The minimum absolute atomic E-state index is 0.552. The van der Waals surface area contributed by atoms with Gasteiger partial charge in [0.15, 0.2) is 0 Å².